The fourth-order valence-electron chi connectivity index (χ4n) is 3.72. The Bertz CT molecular complexity index is 1560. The first-order valence-electron chi connectivity index (χ1n) is 10.9. The Morgan fingerprint density at radius 2 is 1.80 bits per heavy atom. The minimum absolute atomic E-state index is 0.185. The average Bonchev–Trinajstić information content (AvgIpc) is 3.31. The lowest BCUT2D eigenvalue weighted by Crippen LogP contribution is -2.16. The number of halogens is 1. The standard InChI is InChI=1S/C28H21BrN2O4/c1-33-26-13-18(16-30-31-28(32)27-15-22-14-23(29)9-11-24(22)35-27)7-10-25(26)34-17-19-6-8-20-4-2-3-5-21(20)12-19/h2-16H,17H2,1H3,(H,31,32). The first kappa shape index (κ1) is 22.7. The number of amides is 1. The van der Waals surface area contributed by atoms with E-state index in [1.807, 2.05) is 36.4 Å². The van der Waals surface area contributed by atoms with Crippen LogP contribution in [0.3, 0.4) is 0 Å². The number of hydrazone groups is 1. The van der Waals surface area contributed by atoms with Crippen molar-refractivity contribution in [3.05, 3.63) is 106 Å². The number of ether oxygens (including phenoxy) is 2. The van der Waals surface area contributed by atoms with Crippen molar-refractivity contribution in [2.45, 2.75) is 6.61 Å². The molecule has 0 radical (unpaired) electrons. The van der Waals surface area contributed by atoms with Crippen molar-refractivity contribution < 1.29 is 18.7 Å². The van der Waals surface area contributed by atoms with Crippen LogP contribution in [0.5, 0.6) is 11.5 Å². The van der Waals surface area contributed by atoms with Crippen LogP contribution in [0.15, 0.2) is 98.9 Å². The van der Waals surface area contributed by atoms with E-state index in [1.54, 1.807) is 25.3 Å². The van der Waals surface area contributed by atoms with Crippen LogP contribution in [0.25, 0.3) is 21.7 Å². The van der Waals surface area contributed by atoms with Gasteiger partial charge in [-0.15, -0.1) is 0 Å². The number of benzene rings is 4. The van der Waals surface area contributed by atoms with Crippen molar-refractivity contribution in [3.63, 3.8) is 0 Å². The molecule has 0 fully saturated rings. The van der Waals surface area contributed by atoms with Crippen LogP contribution in [-0.2, 0) is 6.61 Å². The van der Waals surface area contributed by atoms with Gasteiger partial charge in [-0.25, -0.2) is 5.43 Å². The van der Waals surface area contributed by atoms with E-state index in [-0.39, 0.29) is 5.76 Å². The zero-order valence-electron chi connectivity index (χ0n) is 18.8. The second-order valence-electron chi connectivity index (χ2n) is 7.87. The summed E-state index contributed by atoms with van der Waals surface area (Å²) in [4.78, 5) is 12.4. The van der Waals surface area contributed by atoms with E-state index in [4.69, 9.17) is 13.9 Å². The van der Waals surface area contributed by atoms with Gasteiger partial charge in [-0.3, -0.25) is 4.79 Å². The zero-order chi connectivity index (χ0) is 24.2. The first-order valence-corrected chi connectivity index (χ1v) is 11.7. The molecule has 0 unspecified atom stereocenters. The summed E-state index contributed by atoms with van der Waals surface area (Å²) in [5.41, 5.74) is 4.93. The lowest BCUT2D eigenvalue weighted by atomic mass is 10.1. The predicted octanol–water partition coefficient (Wildman–Crippen LogP) is 6.70. The number of carbonyl (C=O) groups is 1. The fraction of sp³-hybridized carbons (Fsp3) is 0.0714. The molecule has 5 aromatic rings. The lowest BCUT2D eigenvalue weighted by molar-refractivity contribution is 0.0929. The molecule has 1 N–H and O–H groups in total. The Morgan fingerprint density at radius 3 is 2.66 bits per heavy atom. The zero-order valence-corrected chi connectivity index (χ0v) is 20.4. The highest BCUT2D eigenvalue weighted by molar-refractivity contribution is 9.10. The number of nitrogens with zero attached hydrogens (tertiary/aromatic N) is 1. The number of hydrogen-bond donors (Lipinski definition) is 1. The second kappa shape index (κ2) is 10.0. The third kappa shape index (κ3) is 5.20. The van der Waals surface area contributed by atoms with Crippen LogP contribution in [0, 0.1) is 0 Å². The number of rotatable bonds is 7. The van der Waals surface area contributed by atoms with E-state index < -0.39 is 5.91 Å². The number of furan rings is 1. The molecule has 0 aliphatic rings. The smallest absolute Gasteiger partial charge is 0.307 e. The van der Waals surface area contributed by atoms with Crippen molar-refractivity contribution in [1.29, 1.82) is 0 Å². The molecule has 7 heteroatoms. The summed E-state index contributed by atoms with van der Waals surface area (Å²) in [6.45, 7) is 0.415. The van der Waals surface area contributed by atoms with Gasteiger partial charge in [0.05, 0.1) is 13.3 Å². The number of methoxy groups -OCH3 is 1. The molecular formula is C28H21BrN2O4. The topological polar surface area (TPSA) is 73.1 Å². The number of carbonyl (C=O) groups excluding carboxylic acids is 1. The Kier molecular flexibility index (Phi) is 6.50. The van der Waals surface area contributed by atoms with E-state index in [9.17, 15) is 4.79 Å². The molecule has 0 aliphatic carbocycles. The Labute approximate surface area is 210 Å². The molecule has 35 heavy (non-hydrogen) atoms. The minimum atomic E-state index is -0.434. The molecule has 0 aliphatic heterocycles. The van der Waals surface area contributed by atoms with Crippen molar-refractivity contribution in [2.24, 2.45) is 5.10 Å². The SMILES string of the molecule is COc1cc(C=NNC(=O)c2cc3cc(Br)ccc3o2)ccc1OCc1ccc2ccccc2c1. The van der Waals surface area contributed by atoms with Gasteiger partial charge in [-0.05, 0) is 70.4 Å². The number of nitrogens with one attached hydrogen (secondary N) is 1. The maximum atomic E-state index is 12.4. The third-order valence-electron chi connectivity index (χ3n) is 5.48. The lowest BCUT2D eigenvalue weighted by Gasteiger charge is -2.12. The highest BCUT2D eigenvalue weighted by Gasteiger charge is 2.12. The summed E-state index contributed by atoms with van der Waals surface area (Å²) in [6, 6.07) is 27.1. The number of fused-ring (bicyclic) bond motifs is 2. The van der Waals surface area contributed by atoms with Gasteiger partial charge in [-0.1, -0.05) is 52.3 Å². The molecule has 6 nitrogen and oxygen atoms in total. The normalized spacial score (nSPS) is 11.3. The first-order chi connectivity index (χ1) is 17.1. The second-order valence-corrected chi connectivity index (χ2v) is 8.79. The van der Waals surface area contributed by atoms with Crippen LogP contribution in [0.2, 0.25) is 0 Å². The molecule has 0 saturated carbocycles. The molecule has 1 amide bonds. The summed E-state index contributed by atoms with van der Waals surface area (Å²) in [6.07, 6.45) is 1.53. The predicted molar refractivity (Wildman–Crippen MR) is 140 cm³/mol. The van der Waals surface area contributed by atoms with Crippen molar-refractivity contribution >= 4 is 49.8 Å². The van der Waals surface area contributed by atoms with Crippen LogP contribution < -0.4 is 14.9 Å². The van der Waals surface area contributed by atoms with E-state index in [0.29, 0.717) is 23.7 Å². The molecule has 0 atom stereocenters. The molecule has 174 valence electrons. The van der Waals surface area contributed by atoms with E-state index in [1.165, 1.54) is 17.0 Å². The molecule has 0 saturated heterocycles. The number of hydrogen-bond acceptors (Lipinski definition) is 5. The molecule has 4 aromatic carbocycles. The summed E-state index contributed by atoms with van der Waals surface area (Å²) in [5.74, 6) is 0.945. The highest BCUT2D eigenvalue weighted by Crippen LogP contribution is 2.29. The van der Waals surface area contributed by atoms with Crippen LogP contribution in [0.4, 0.5) is 0 Å². The summed E-state index contributed by atoms with van der Waals surface area (Å²) in [7, 11) is 1.58. The van der Waals surface area contributed by atoms with Gasteiger partial charge < -0.3 is 13.9 Å². The van der Waals surface area contributed by atoms with Gasteiger partial charge in [0.15, 0.2) is 17.3 Å². The summed E-state index contributed by atoms with van der Waals surface area (Å²) < 4.78 is 18.0. The molecule has 5 rings (SSSR count). The maximum absolute atomic E-state index is 12.4. The largest absolute Gasteiger partial charge is 0.493 e. The Morgan fingerprint density at radius 1 is 0.943 bits per heavy atom. The van der Waals surface area contributed by atoms with E-state index in [2.05, 4.69) is 56.8 Å². The molecule has 1 heterocycles. The van der Waals surface area contributed by atoms with Gasteiger partial charge in [0.2, 0.25) is 0 Å². The van der Waals surface area contributed by atoms with E-state index in [0.717, 1.165) is 21.0 Å². The monoisotopic (exact) mass is 528 g/mol. The van der Waals surface area contributed by atoms with Crippen LogP contribution >= 0.6 is 15.9 Å². The highest BCUT2D eigenvalue weighted by atomic mass is 79.9. The van der Waals surface area contributed by atoms with Crippen LogP contribution in [-0.4, -0.2) is 19.2 Å². The summed E-state index contributed by atoms with van der Waals surface area (Å²) in [5, 5.41) is 7.24. The quantitative estimate of drug-likeness (QED) is 0.188. The maximum Gasteiger partial charge on any atom is 0.307 e. The average molecular weight is 529 g/mol. The van der Waals surface area contributed by atoms with Gasteiger partial charge in [0.25, 0.3) is 0 Å². The van der Waals surface area contributed by atoms with E-state index >= 15 is 0 Å². The molecular weight excluding hydrogens is 508 g/mol. The van der Waals surface area contributed by atoms with Crippen molar-refractivity contribution in [1.82, 2.24) is 5.43 Å². The summed E-state index contributed by atoms with van der Waals surface area (Å²) >= 11 is 3.41. The van der Waals surface area contributed by atoms with Gasteiger partial charge in [0, 0.05) is 9.86 Å². The molecule has 0 spiro atoms. The Hall–Kier alpha value is -4.10. The molecule has 0 bridgehead atoms. The van der Waals surface area contributed by atoms with Crippen molar-refractivity contribution in [2.75, 3.05) is 7.11 Å². The fourth-order valence-corrected chi connectivity index (χ4v) is 4.10. The minimum Gasteiger partial charge on any atom is -0.493 e. The van der Waals surface area contributed by atoms with Crippen LogP contribution in [0.1, 0.15) is 21.7 Å². The van der Waals surface area contributed by atoms with Crippen molar-refractivity contribution in [3.8, 4) is 11.5 Å². The van der Waals surface area contributed by atoms with Gasteiger partial charge in [-0.2, -0.15) is 5.10 Å². The Balaban J connectivity index is 1.23. The van der Waals surface area contributed by atoms with Gasteiger partial charge in [0.1, 0.15) is 12.2 Å². The van der Waals surface area contributed by atoms with Gasteiger partial charge >= 0.3 is 5.91 Å². The molecule has 1 aromatic heterocycles. The third-order valence-corrected chi connectivity index (χ3v) is 5.97.